The Morgan fingerprint density at radius 1 is 1.04 bits per heavy atom. The van der Waals surface area contributed by atoms with E-state index in [1.165, 1.54) is 0 Å². The van der Waals surface area contributed by atoms with E-state index in [-0.39, 0.29) is 0 Å². The van der Waals surface area contributed by atoms with E-state index in [1.807, 2.05) is 43.3 Å². The van der Waals surface area contributed by atoms with E-state index in [9.17, 15) is 9.59 Å². The lowest BCUT2D eigenvalue weighted by atomic mass is 10.1. The van der Waals surface area contributed by atoms with Crippen LogP contribution in [0.1, 0.15) is 5.56 Å². The van der Waals surface area contributed by atoms with Crippen LogP contribution in [0, 0.1) is 0 Å². The first-order chi connectivity index (χ1) is 11.5. The number of amides is 2. The quantitative estimate of drug-likeness (QED) is 0.819. The van der Waals surface area contributed by atoms with Gasteiger partial charge in [0.2, 0.25) is 0 Å². The number of nitrogens with zero attached hydrogens (tertiary/aromatic N) is 1. The maximum atomic E-state index is 11.8. The number of hydrogen-bond acceptors (Lipinski definition) is 3. The molecule has 126 valence electrons. The van der Waals surface area contributed by atoms with Gasteiger partial charge in [-0.05, 0) is 42.3 Å². The Morgan fingerprint density at radius 3 is 2.38 bits per heavy atom. The van der Waals surface area contributed by atoms with Crippen LogP contribution in [0.4, 0.5) is 11.4 Å². The molecule has 2 aromatic carbocycles. The Labute approximate surface area is 146 Å². The molecular formula is C18H20ClN3O2. The van der Waals surface area contributed by atoms with Crippen LogP contribution in [0.3, 0.4) is 0 Å². The largest absolute Gasteiger partial charge is 0.378 e. The molecule has 0 bridgehead atoms. The average molecular weight is 346 g/mol. The van der Waals surface area contributed by atoms with E-state index < -0.39 is 11.8 Å². The Bertz CT molecular complexity index is 714. The number of hydrogen-bond donors (Lipinski definition) is 2. The minimum atomic E-state index is -0.708. The summed E-state index contributed by atoms with van der Waals surface area (Å²) in [6.07, 6.45) is 0.657. The zero-order valence-corrected chi connectivity index (χ0v) is 14.4. The summed E-state index contributed by atoms with van der Waals surface area (Å²) in [6.45, 7) is 0.392. The van der Waals surface area contributed by atoms with Crippen LogP contribution in [0.5, 0.6) is 0 Å². The van der Waals surface area contributed by atoms with Crippen molar-refractivity contribution in [3.8, 4) is 0 Å². The van der Waals surface area contributed by atoms with Gasteiger partial charge in [0.05, 0.1) is 0 Å². The fourth-order valence-corrected chi connectivity index (χ4v) is 2.31. The van der Waals surface area contributed by atoms with E-state index in [0.717, 1.165) is 11.3 Å². The summed E-state index contributed by atoms with van der Waals surface area (Å²) < 4.78 is 0. The molecule has 2 amide bonds. The maximum absolute atomic E-state index is 11.8. The molecule has 0 atom stereocenters. The highest BCUT2D eigenvalue weighted by atomic mass is 35.5. The van der Waals surface area contributed by atoms with E-state index >= 15 is 0 Å². The molecular weight excluding hydrogens is 326 g/mol. The number of nitrogens with one attached hydrogen (secondary N) is 2. The highest BCUT2D eigenvalue weighted by Crippen LogP contribution is 2.14. The molecule has 0 spiro atoms. The lowest BCUT2D eigenvalue weighted by Gasteiger charge is -2.12. The molecule has 0 saturated heterocycles. The standard InChI is InChI=1S/C18H20ClN3O2/c1-22(2)16-8-6-13(7-9-16)10-11-20-17(23)18(24)21-15-5-3-4-14(19)12-15/h3-9,12H,10-11H2,1-2H3,(H,20,23)(H,21,24). The van der Waals surface area contributed by atoms with Crippen LogP contribution in [0.15, 0.2) is 48.5 Å². The van der Waals surface area contributed by atoms with Crippen molar-refractivity contribution in [3.05, 3.63) is 59.1 Å². The van der Waals surface area contributed by atoms with Gasteiger partial charge in [-0.3, -0.25) is 9.59 Å². The summed E-state index contributed by atoms with van der Waals surface area (Å²) in [5, 5.41) is 5.61. The van der Waals surface area contributed by atoms with Crippen molar-refractivity contribution in [2.45, 2.75) is 6.42 Å². The minimum absolute atomic E-state index is 0.392. The van der Waals surface area contributed by atoms with Gasteiger partial charge in [-0.15, -0.1) is 0 Å². The number of benzene rings is 2. The second kappa shape index (κ2) is 8.36. The second-order valence-electron chi connectivity index (χ2n) is 5.53. The third-order valence-electron chi connectivity index (χ3n) is 3.44. The van der Waals surface area contributed by atoms with Crippen LogP contribution >= 0.6 is 11.6 Å². The van der Waals surface area contributed by atoms with Gasteiger partial charge in [0.25, 0.3) is 0 Å². The minimum Gasteiger partial charge on any atom is -0.378 e. The van der Waals surface area contributed by atoms with Crippen molar-refractivity contribution in [2.75, 3.05) is 30.9 Å². The van der Waals surface area contributed by atoms with Gasteiger partial charge in [-0.25, -0.2) is 0 Å². The summed E-state index contributed by atoms with van der Waals surface area (Å²) >= 11 is 5.84. The van der Waals surface area contributed by atoms with E-state index in [1.54, 1.807) is 24.3 Å². The fourth-order valence-electron chi connectivity index (χ4n) is 2.12. The molecule has 0 aliphatic carbocycles. The number of rotatable bonds is 5. The van der Waals surface area contributed by atoms with Gasteiger partial charge in [0.1, 0.15) is 0 Å². The molecule has 0 radical (unpaired) electrons. The van der Waals surface area contributed by atoms with Gasteiger partial charge in [-0.1, -0.05) is 29.8 Å². The summed E-state index contributed by atoms with van der Waals surface area (Å²) in [7, 11) is 3.96. The van der Waals surface area contributed by atoms with Gasteiger partial charge < -0.3 is 15.5 Å². The maximum Gasteiger partial charge on any atom is 0.313 e. The van der Waals surface area contributed by atoms with Crippen molar-refractivity contribution < 1.29 is 9.59 Å². The average Bonchev–Trinajstić information content (AvgIpc) is 2.55. The normalized spacial score (nSPS) is 10.1. The molecule has 2 N–H and O–H groups in total. The summed E-state index contributed by atoms with van der Waals surface area (Å²) in [4.78, 5) is 25.6. The van der Waals surface area contributed by atoms with Gasteiger partial charge in [-0.2, -0.15) is 0 Å². The molecule has 2 rings (SSSR count). The van der Waals surface area contributed by atoms with Crippen LogP contribution in [0.2, 0.25) is 5.02 Å². The first-order valence-electron chi connectivity index (χ1n) is 7.57. The fraction of sp³-hybridized carbons (Fsp3) is 0.222. The molecule has 0 aliphatic rings. The first-order valence-corrected chi connectivity index (χ1v) is 7.94. The van der Waals surface area contributed by atoms with Crippen LogP contribution < -0.4 is 15.5 Å². The van der Waals surface area contributed by atoms with Crippen molar-refractivity contribution in [1.82, 2.24) is 5.32 Å². The van der Waals surface area contributed by atoms with Crippen LogP contribution in [-0.2, 0) is 16.0 Å². The summed E-state index contributed by atoms with van der Waals surface area (Å²) in [5.41, 5.74) is 2.70. The topological polar surface area (TPSA) is 61.4 Å². The molecule has 2 aromatic rings. The Balaban J connectivity index is 1.79. The molecule has 0 heterocycles. The third-order valence-corrected chi connectivity index (χ3v) is 3.68. The van der Waals surface area contributed by atoms with E-state index in [2.05, 4.69) is 10.6 Å². The summed E-state index contributed by atoms with van der Waals surface area (Å²) in [6, 6.07) is 14.7. The van der Waals surface area contributed by atoms with Crippen molar-refractivity contribution in [3.63, 3.8) is 0 Å². The molecule has 0 fully saturated rings. The Kier molecular flexibility index (Phi) is 6.21. The van der Waals surface area contributed by atoms with Crippen LogP contribution in [-0.4, -0.2) is 32.5 Å². The number of anilines is 2. The Morgan fingerprint density at radius 2 is 1.75 bits per heavy atom. The lowest BCUT2D eigenvalue weighted by Crippen LogP contribution is -2.36. The van der Waals surface area contributed by atoms with E-state index in [4.69, 9.17) is 11.6 Å². The summed E-state index contributed by atoms with van der Waals surface area (Å²) in [5.74, 6) is -1.37. The highest BCUT2D eigenvalue weighted by Gasteiger charge is 2.13. The van der Waals surface area contributed by atoms with Gasteiger partial charge >= 0.3 is 11.8 Å². The molecule has 0 aromatic heterocycles. The predicted octanol–water partition coefficient (Wildman–Crippen LogP) is 2.70. The van der Waals surface area contributed by atoms with Gasteiger partial charge in [0.15, 0.2) is 0 Å². The Hall–Kier alpha value is -2.53. The molecule has 24 heavy (non-hydrogen) atoms. The molecule has 0 unspecified atom stereocenters. The van der Waals surface area contributed by atoms with Crippen molar-refractivity contribution in [2.24, 2.45) is 0 Å². The SMILES string of the molecule is CN(C)c1ccc(CCNC(=O)C(=O)Nc2cccc(Cl)c2)cc1. The lowest BCUT2D eigenvalue weighted by molar-refractivity contribution is -0.136. The zero-order valence-electron chi connectivity index (χ0n) is 13.7. The third kappa shape index (κ3) is 5.28. The number of halogens is 1. The van der Waals surface area contributed by atoms with Crippen LogP contribution in [0.25, 0.3) is 0 Å². The number of carbonyl (C=O) groups excluding carboxylic acids is 2. The second-order valence-corrected chi connectivity index (χ2v) is 5.97. The zero-order chi connectivity index (χ0) is 17.5. The predicted molar refractivity (Wildman–Crippen MR) is 97.6 cm³/mol. The first kappa shape index (κ1) is 17.8. The number of carbonyl (C=O) groups is 2. The molecule has 0 aliphatic heterocycles. The van der Waals surface area contributed by atoms with E-state index in [0.29, 0.717) is 23.7 Å². The van der Waals surface area contributed by atoms with Crippen molar-refractivity contribution in [1.29, 1.82) is 0 Å². The van der Waals surface area contributed by atoms with Gasteiger partial charge in [0, 0.05) is 37.0 Å². The molecule has 6 heteroatoms. The molecule has 0 saturated carbocycles. The monoisotopic (exact) mass is 345 g/mol. The highest BCUT2D eigenvalue weighted by molar-refractivity contribution is 6.39. The smallest absolute Gasteiger partial charge is 0.313 e. The molecule has 5 nitrogen and oxygen atoms in total. The van der Waals surface area contributed by atoms with Crippen molar-refractivity contribution >= 4 is 34.8 Å².